The Morgan fingerprint density at radius 2 is 1.45 bits per heavy atom. The molecule has 0 heterocycles. The number of carbonyl (C=O) groups is 2. The molecule has 1 aliphatic rings. The Bertz CT molecular complexity index is 408. The molecule has 0 aliphatic heterocycles. The maximum Gasteiger partial charge on any atom is 1.00 e. The molecule has 0 bridgehead atoms. The van der Waals surface area contributed by atoms with Crippen molar-refractivity contribution in [3.8, 4) is 0 Å². The van der Waals surface area contributed by atoms with Gasteiger partial charge in [0.25, 0.3) is 0 Å². The average molecular weight is 366 g/mol. The Hall–Kier alpha value is 2.09. The van der Waals surface area contributed by atoms with Crippen molar-refractivity contribution in [2.75, 3.05) is 0 Å². The molecule has 0 aromatic carbocycles. The van der Waals surface area contributed by atoms with E-state index < -0.39 is 31.1 Å². The first-order valence-electron chi connectivity index (χ1n) is 6.24. The van der Waals surface area contributed by atoms with E-state index in [2.05, 4.69) is 0 Å². The van der Waals surface area contributed by atoms with Gasteiger partial charge in [-0.1, -0.05) is 32.1 Å². The third kappa shape index (κ3) is 9.54. The van der Waals surface area contributed by atoms with Crippen LogP contribution in [0.2, 0.25) is 0 Å². The molecule has 7 nitrogen and oxygen atoms in total. The van der Waals surface area contributed by atoms with Crippen molar-refractivity contribution in [1.82, 2.24) is 0 Å². The van der Waals surface area contributed by atoms with Crippen LogP contribution in [0.5, 0.6) is 0 Å². The molecule has 1 rings (SSSR count). The molecule has 1 aliphatic carbocycles. The fourth-order valence-corrected chi connectivity index (χ4v) is 3.70. The molecule has 2 unspecified atom stereocenters. The summed E-state index contributed by atoms with van der Waals surface area (Å²) in [6.07, 6.45) is 4.55. The van der Waals surface area contributed by atoms with E-state index in [1.54, 1.807) is 0 Å². The molecular weight excluding hydrogens is 344 g/mol. The zero-order chi connectivity index (χ0) is 14.6. The second-order valence-corrected chi connectivity index (χ2v) is 6.79. The van der Waals surface area contributed by atoms with Crippen molar-refractivity contribution in [3.63, 3.8) is 0 Å². The number of hydrogen-bond acceptors (Lipinski definition) is 3. The molecule has 0 saturated heterocycles. The molecule has 11 heteroatoms. The Morgan fingerprint density at radius 1 is 1.00 bits per heavy atom. The Kier molecular flexibility index (Phi) is 17.5. The predicted molar refractivity (Wildman–Crippen MR) is 69.1 cm³/mol. The Labute approximate surface area is 200 Å². The third-order valence-corrected chi connectivity index (χ3v) is 4.93. The minimum Gasteiger partial charge on any atom is -1.00 e. The van der Waals surface area contributed by atoms with Gasteiger partial charge in [-0.3, -0.25) is 14.2 Å². The zero-order valence-electron chi connectivity index (χ0n) is 16.4. The second-order valence-electron chi connectivity index (χ2n) is 5.06. The average Bonchev–Trinajstić information content (AvgIpc) is 2.27. The van der Waals surface area contributed by atoms with E-state index in [-0.39, 0.29) is 105 Å². The quantitative estimate of drug-likeness (QED) is 0.271. The van der Waals surface area contributed by atoms with Gasteiger partial charge in [0.1, 0.15) is 0 Å². The molecule has 2 atom stereocenters. The molecule has 4 N–H and O–H groups in total. The Morgan fingerprint density at radius 3 is 1.77 bits per heavy atom. The molecule has 0 spiro atoms. The van der Waals surface area contributed by atoms with Crippen LogP contribution in [0.4, 0.5) is 0 Å². The van der Waals surface area contributed by atoms with Crippen LogP contribution in [-0.2, 0) is 14.2 Å². The summed E-state index contributed by atoms with van der Waals surface area (Å²) in [7, 11) is -4.99. The molecule has 1 fully saturated rings. The number of hydrogen-bond donors (Lipinski definition) is 4. The summed E-state index contributed by atoms with van der Waals surface area (Å²) >= 11 is 0. The molecule has 116 valence electrons. The maximum absolute atomic E-state index is 11.2. The van der Waals surface area contributed by atoms with E-state index in [9.17, 15) is 14.2 Å². The largest absolute Gasteiger partial charge is 1.00 e. The van der Waals surface area contributed by atoms with E-state index in [4.69, 9.17) is 20.0 Å². The monoisotopic (exact) mass is 366 g/mol. The number of carboxylic acids is 2. The van der Waals surface area contributed by atoms with Gasteiger partial charge in [0.2, 0.25) is 0 Å². The van der Waals surface area contributed by atoms with Crippen molar-refractivity contribution in [2.45, 2.75) is 44.2 Å². The van der Waals surface area contributed by atoms with E-state index in [0.717, 1.165) is 32.1 Å². The van der Waals surface area contributed by atoms with Crippen LogP contribution < -0.4 is 88.7 Å². The van der Waals surface area contributed by atoms with E-state index >= 15 is 0 Å². The van der Waals surface area contributed by atoms with Gasteiger partial charge in [-0.05, 0) is 12.3 Å². The van der Waals surface area contributed by atoms with E-state index in [0.29, 0.717) is 0 Å². The normalized spacial score (nSPS) is 17.9. The van der Waals surface area contributed by atoms with Gasteiger partial charge in [0.15, 0.2) is 5.66 Å². The summed E-state index contributed by atoms with van der Waals surface area (Å²) in [5.74, 6) is -4.72. The second kappa shape index (κ2) is 13.3. The summed E-state index contributed by atoms with van der Waals surface area (Å²) in [4.78, 5) is 40.3. The van der Waals surface area contributed by atoms with Crippen LogP contribution >= 0.6 is 7.60 Å². The van der Waals surface area contributed by atoms with E-state index in [1.807, 2.05) is 0 Å². The van der Waals surface area contributed by atoms with E-state index in [1.165, 1.54) is 0 Å². The summed E-state index contributed by atoms with van der Waals surface area (Å²) in [5.41, 5.74) is -2.16. The van der Waals surface area contributed by atoms with Gasteiger partial charge in [-0.2, -0.15) is 0 Å². The predicted octanol–water partition coefficient (Wildman–Crippen LogP) is -7.36. The van der Waals surface area contributed by atoms with Crippen molar-refractivity contribution < 1.29 is 127 Å². The fourth-order valence-electron chi connectivity index (χ4n) is 2.70. The van der Waals surface area contributed by atoms with Gasteiger partial charge in [-0.25, -0.2) is 0 Å². The first-order chi connectivity index (χ1) is 8.73. The molecule has 0 amide bonds. The topological polar surface area (TPSA) is 132 Å². The first kappa shape index (κ1) is 28.9. The van der Waals surface area contributed by atoms with Crippen molar-refractivity contribution >= 4 is 19.5 Å². The van der Waals surface area contributed by atoms with Gasteiger partial charge in [-0.15, -0.1) is 0 Å². The zero-order valence-corrected chi connectivity index (χ0v) is 20.3. The Balaban J connectivity index is -0.000000150. The SMILES string of the molecule is O=C(O)C(CC1CCCCC1)C(C(=O)O)P(=O)(O)O.[H-].[H-].[H-].[Na+].[Na+].[Na+]. The van der Waals surface area contributed by atoms with Gasteiger partial charge < -0.3 is 24.3 Å². The standard InChI is InChI=1S/C11H19O7P.3Na.3H/c12-10(13)8(6-7-4-2-1-3-5-7)9(11(14)15)19(16,17)18;;;;;;/h7-9H,1-6H2,(H,12,13)(H,14,15)(H2,16,17,18);;;;;;/q;3*+1;3*-1. The number of aliphatic carboxylic acids is 2. The van der Waals surface area contributed by atoms with Crippen LogP contribution in [0.25, 0.3) is 0 Å². The fraction of sp³-hybridized carbons (Fsp3) is 0.818. The summed E-state index contributed by atoms with van der Waals surface area (Å²) in [6, 6.07) is 0. The molecule has 1 saturated carbocycles. The minimum atomic E-state index is -4.99. The van der Waals surface area contributed by atoms with Crippen molar-refractivity contribution in [3.05, 3.63) is 0 Å². The first-order valence-corrected chi connectivity index (χ1v) is 7.92. The smallest absolute Gasteiger partial charge is 1.00 e. The summed E-state index contributed by atoms with van der Waals surface area (Å²) in [5, 5.41) is 18.0. The van der Waals surface area contributed by atoms with Crippen LogP contribution in [0.1, 0.15) is 42.8 Å². The van der Waals surface area contributed by atoms with Crippen LogP contribution in [0.15, 0.2) is 0 Å². The van der Waals surface area contributed by atoms with Gasteiger partial charge in [0, 0.05) is 0 Å². The maximum atomic E-state index is 11.2. The van der Waals surface area contributed by atoms with Crippen LogP contribution in [-0.4, -0.2) is 37.6 Å². The molecule has 0 radical (unpaired) electrons. The number of carboxylic acid groups (broad SMARTS) is 2. The van der Waals surface area contributed by atoms with Gasteiger partial charge in [0.05, 0.1) is 5.92 Å². The third-order valence-electron chi connectivity index (χ3n) is 3.63. The summed E-state index contributed by atoms with van der Waals surface area (Å²) < 4.78 is 11.2. The van der Waals surface area contributed by atoms with Crippen LogP contribution in [0, 0.1) is 11.8 Å². The molecule has 22 heavy (non-hydrogen) atoms. The minimum absolute atomic E-state index is 0. The van der Waals surface area contributed by atoms with Gasteiger partial charge >= 0.3 is 108 Å². The molecule has 0 aromatic heterocycles. The molecule has 0 aromatic rings. The van der Waals surface area contributed by atoms with Crippen LogP contribution in [0.3, 0.4) is 0 Å². The van der Waals surface area contributed by atoms with Crippen molar-refractivity contribution in [2.24, 2.45) is 11.8 Å². The number of rotatable bonds is 6. The summed E-state index contributed by atoms with van der Waals surface area (Å²) in [6.45, 7) is 0. The molecular formula is C11H22Na3O7P. The van der Waals surface area contributed by atoms with Crippen molar-refractivity contribution in [1.29, 1.82) is 0 Å².